The maximum Gasteiger partial charge on any atom is 0.251 e. The molecular formula is C21H27N5O. The Morgan fingerprint density at radius 1 is 1.22 bits per heavy atom. The Morgan fingerprint density at radius 2 is 2.00 bits per heavy atom. The lowest BCUT2D eigenvalue weighted by Gasteiger charge is -2.19. The lowest BCUT2D eigenvalue weighted by molar-refractivity contribution is 0.288. The highest BCUT2D eigenvalue weighted by Crippen LogP contribution is 2.16. The average molecular weight is 365 g/mol. The molecule has 142 valence electrons. The second kappa shape index (κ2) is 8.77. The van der Waals surface area contributed by atoms with Crippen molar-refractivity contribution in [3.8, 4) is 11.4 Å². The second-order valence-corrected chi connectivity index (χ2v) is 7.39. The SMILES string of the molecule is CC(C)CN(C)Cc1ccc(-c2nc(CCn3cccn3)cc(=O)[nH]2)cc1. The molecule has 0 bridgehead atoms. The number of benzene rings is 1. The predicted molar refractivity (Wildman–Crippen MR) is 107 cm³/mol. The molecule has 0 fully saturated rings. The Balaban J connectivity index is 1.71. The third-order valence-electron chi connectivity index (χ3n) is 4.31. The van der Waals surface area contributed by atoms with Gasteiger partial charge in [-0.3, -0.25) is 9.48 Å². The van der Waals surface area contributed by atoms with Crippen molar-refractivity contribution in [1.82, 2.24) is 24.6 Å². The van der Waals surface area contributed by atoms with Crippen LogP contribution < -0.4 is 5.56 Å². The van der Waals surface area contributed by atoms with E-state index in [9.17, 15) is 4.79 Å². The summed E-state index contributed by atoms with van der Waals surface area (Å²) < 4.78 is 1.84. The molecule has 3 rings (SSSR count). The molecule has 27 heavy (non-hydrogen) atoms. The lowest BCUT2D eigenvalue weighted by atomic mass is 10.1. The minimum Gasteiger partial charge on any atom is -0.307 e. The third-order valence-corrected chi connectivity index (χ3v) is 4.31. The minimum atomic E-state index is -0.129. The Hall–Kier alpha value is -2.73. The van der Waals surface area contributed by atoms with Crippen LogP contribution in [-0.4, -0.2) is 38.2 Å². The topological polar surface area (TPSA) is 66.8 Å². The molecule has 3 aromatic rings. The van der Waals surface area contributed by atoms with Crippen LogP contribution in [0, 0.1) is 5.92 Å². The number of aromatic amines is 1. The number of aryl methyl sites for hydroxylation is 2. The van der Waals surface area contributed by atoms with E-state index in [0.29, 0.717) is 24.7 Å². The van der Waals surface area contributed by atoms with E-state index in [1.165, 1.54) is 5.56 Å². The molecule has 2 aromatic heterocycles. The van der Waals surface area contributed by atoms with Gasteiger partial charge < -0.3 is 9.88 Å². The summed E-state index contributed by atoms with van der Waals surface area (Å²) in [5.74, 6) is 1.26. The molecule has 0 unspecified atom stereocenters. The molecule has 0 aliphatic rings. The van der Waals surface area contributed by atoms with Gasteiger partial charge in [-0.15, -0.1) is 0 Å². The molecule has 0 radical (unpaired) electrons. The molecule has 0 amide bonds. The molecule has 6 heteroatoms. The molecular weight excluding hydrogens is 338 g/mol. The van der Waals surface area contributed by atoms with Crippen molar-refractivity contribution in [3.05, 3.63) is 70.4 Å². The fraction of sp³-hybridized carbons (Fsp3) is 0.381. The quantitative estimate of drug-likeness (QED) is 0.666. The molecule has 0 saturated carbocycles. The number of rotatable bonds is 8. The van der Waals surface area contributed by atoms with E-state index in [1.54, 1.807) is 12.3 Å². The molecule has 0 atom stereocenters. The van der Waals surface area contributed by atoms with Crippen molar-refractivity contribution >= 4 is 0 Å². The number of hydrogen-bond donors (Lipinski definition) is 1. The van der Waals surface area contributed by atoms with E-state index in [1.807, 2.05) is 29.1 Å². The molecule has 6 nitrogen and oxygen atoms in total. The fourth-order valence-electron chi connectivity index (χ4n) is 3.20. The number of nitrogens with zero attached hydrogens (tertiary/aromatic N) is 4. The first kappa shape index (κ1) is 19.0. The van der Waals surface area contributed by atoms with Crippen LogP contribution in [0.25, 0.3) is 11.4 Å². The zero-order valence-electron chi connectivity index (χ0n) is 16.2. The van der Waals surface area contributed by atoms with Crippen LogP contribution in [0.2, 0.25) is 0 Å². The van der Waals surface area contributed by atoms with Crippen LogP contribution in [0.1, 0.15) is 25.1 Å². The zero-order chi connectivity index (χ0) is 19.2. The van der Waals surface area contributed by atoms with E-state index in [-0.39, 0.29) is 5.56 Å². The summed E-state index contributed by atoms with van der Waals surface area (Å²) in [5, 5.41) is 4.18. The monoisotopic (exact) mass is 365 g/mol. The second-order valence-electron chi connectivity index (χ2n) is 7.39. The van der Waals surface area contributed by atoms with E-state index in [2.05, 4.69) is 53.0 Å². The summed E-state index contributed by atoms with van der Waals surface area (Å²) in [6, 6.07) is 11.7. The van der Waals surface area contributed by atoms with Crippen LogP contribution in [0.4, 0.5) is 0 Å². The van der Waals surface area contributed by atoms with Crippen molar-refractivity contribution in [1.29, 1.82) is 0 Å². The first-order chi connectivity index (χ1) is 13.0. The maximum atomic E-state index is 12.0. The van der Waals surface area contributed by atoms with Crippen LogP contribution in [0.15, 0.2) is 53.6 Å². The van der Waals surface area contributed by atoms with Gasteiger partial charge in [-0.25, -0.2) is 4.98 Å². The molecule has 0 saturated heterocycles. The number of nitrogens with one attached hydrogen (secondary N) is 1. The molecule has 1 aromatic carbocycles. The van der Waals surface area contributed by atoms with Gasteiger partial charge in [0.2, 0.25) is 0 Å². The lowest BCUT2D eigenvalue weighted by Crippen LogP contribution is -2.22. The van der Waals surface area contributed by atoms with Crippen molar-refractivity contribution < 1.29 is 0 Å². The molecule has 1 N–H and O–H groups in total. The molecule has 0 aliphatic heterocycles. The van der Waals surface area contributed by atoms with Crippen LogP contribution in [0.5, 0.6) is 0 Å². The third kappa shape index (κ3) is 5.62. The first-order valence-electron chi connectivity index (χ1n) is 9.35. The molecule has 2 heterocycles. The highest BCUT2D eigenvalue weighted by molar-refractivity contribution is 5.55. The van der Waals surface area contributed by atoms with Gasteiger partial charge in [0, 0.05) is 50.1 Å². The summed E-state index contributed by atoms with van der Waals surface area (Å²) in [7, 11) is 2.13. The zero-order valence-corrected chi connectivity index (χ0v) is 16.2. The van der Waals surface area contributed by atoms with Gasteiger partial charge in [-0.2, -0.15) is 5.10 Å². The van der Waals surface area contributed by atoms with Gasteiger partial charge in [-0.1, -0.05) is 38.1 Å². The van der Waals surface area contributed by atoms with Crippen molar-refractivity contribution in [3.63, 3.8) is 0 Å². The highest BCUT2D eigenvalue weighted by Gasteiger charge is 2.07. The number of hydrogen-bond acceptors (Lipinski definition) is 4. The van der Waals surface area contributed by atoms with E-state index in [0.717, 1.165) is 24.3 Å². The standard InChI is InChI=1S/C21H27N5O/c1-16(2)14-25(3)15-17-5-7-18(8-6-17)21-23-19(13-20(27)24-21)9-12-26-11-4-10-22-26/h4-8,10-11,13,16H,9,12,14-15H2,1-3H3,(H,23,24,27). The summed E-state index contributed by atoms with van der Waals surface area (Å²) in [5.41, 5.74) is 2.81. The number of H-pyrrole nitrogens is 1. The Labute approximate surface area is 159 Å². The number of aromatic nitrogens is 4. The predicted octanol–water partition coefficient (Wildman–Crippen LogP) is 2.96. The summed E-state index contributed by atoms with van der Waals surface area (Å²) >= 11 is 0. The highest BCUT2D eigenvalue weighted by atomic mass is 16.1. The van der Waals surface area contributed by atoms with Gasteiger partial charge in [0.1, 0.15) is 5.82 Å². The van der Waals surface area contributed by atoms with Crippen LogP contribution in [0.3, 0.4) is 0 Å². The van der Waals surface area contributed by atoms with Gasteiger partial charge in [-0.05, 0) is 24.6 Å². The summed E-state index contributed by atoms with van der Waals surface area (Å²) in [4.78, 5) is 21.8. The fourth-order valence-corrected chi connectivity index (χ4v) is 3.20. The van der Waals surface area contributed by atoms with Crippen molar-refractivity contribution in [2.24, 2.45) is 5.92 Å². The average Bonchev–Trinajstić information content (AvgIpc) is 3.13. The Morgan fingerprint density at radius 3 is 2.67 bits per heavy atom. The van der Waals surface area contributed by atoms with Gasteiger partial charge in [0.25, 0.3) is 5.56 Å². The normalized spacial score (nSPS) is 11.4. The maximum absolute atomic E-state index is 12.0. The summed E-state index contributed by atoms with van der Waals surface area (Å²) in [6.45, 7) is 7.12. The van der Waals surface area contributed by atoms with Crippen LogP contribution >= 0.6 is 0 Å². The van der Waals surface area contributed by atoms with Gasteiger partial charge in [0.05, 0.1) is 5.69 Å². The summed E-state index contributed by atoms with van der Waals surface area (Å²) in [6.07, 6.45) is 4.32. The van der Waals surface area contributed by atoms with Crippen LogP contribution in [-0.2, 0) is 19.5 Å². The van der Waals surface area contributed by atoms with E-state index >= 15 is 0 Å². The van der Waals surface area contributed by atoms with E-state index in [4.69, 9.17) is 0 Å². The van der Waals surface area contributed by atoms with Gasteiger partial charge >= 0.3 is 0 Å². The van der Waals surface area contributed by atoms with Crippen molar-refractivity contribution in [2.75, 3.05) is 13.6 Å². The smallest absolute Gasteiger partial charge is 0.251 e. The molecule has 0 spiro atoms. The Bertz CT molecular complexity index is 897. The molecule has 0 aliphatic carbocycles. The van der Waals surface area contributed by atoms with E-state index < -0.39 is 0 Å². The largest absolute Gasteiger partial charge is 0.307 e. The van der Waals surface area contributed by atoms with Gasteiger partial charge in [0.15, 0.2) is 0 Å². The minimum absolute atomic E-state index is 0.129. The van der Waals surface area contributed by atoms with Crippen molar-refractivity contribution in [2.45, 2.75) is 33.4 Å². The Kier molecular flexibility index (Phi) is 6.19. The first-order valence-corrected chi connectivity index (χ1v) is 9.35.